The van der Waals surface area contributed by atoms with Gasteiger partial charge in [0.15, 0.2) is 0 Å². The van der Waals surface area contributed by atoms with E-state index in [0.29, 0.717) is 27.1 Å². The molecule has 0 saturated heterocycles. The Hall–Kier alpha value is -2.08. The van der Waals surface area contributed by atoms with Crippen molar-refractivity contribution in [2.75, 3.05) is 0 Å². The Balaban J connectivity index is 0.000000294. The lowest BCUT2D eigenvalue weighted by molar-refractivity contribution is -0.117. The largest absolute Gasteiger partial charge is 0.365 e. The van der Waals surface area contributed by atoms with Crippen molar-refractivity contribution in [1.29, 1.82) is 0 Å². The number of thiazole rings is 1. The number of nitrogens with zero attached hydrogens (tertiary/aromatic N) is 1. The van der Waals surface area contributed by atoms with Crippen molar-refractivity contribution in [3.05, 3.63) is 40.7 Å². The number of rotatable bonds is 7. The molecule has 2 rings (SSSR count). The second kappa shape index (κ2) is 10.8. The number of hydrogen-bond donors (Lipinski definition) is 1. The summed E-state index contributed by atoms with van der Waals surface area (Å²) in [5.74, 6) is 0.0868. The molecule has 142 valence electrons. The van der Waals surface area contributed by atoms with Gasteiger partial charge in [0.2, 0.25) is 0 Å². The molecule has 1 unspecified atom stereocenters. The zero-order chi connectivity index (χ0) is 19.7. The molecular weight excluding hydrogens is 351 g/mol. The van der Waals surface area contributed by atoms with Crippen LogP contribution in [0, 0.1) is 18.7 Å². The van der Waals surface area contributed by atoms with Crippen molar-refractivity contribution in [3.8, 4) is 10.6 Å². The summed E-state index contributed by atoms with van der Waals surface area (Å²) in [5.41, 5.74) is 6.60. The van der Waals surface area contributed by atoms with Crippen LogP contribution in [0.5, 0.6) is 0 Å². The maximum absolute atomic E-state index is 13.2. The first-order valence-electron chi connectivity index (χ1n) is 8.75. The number of amides is 1. The molecule has 0 aliphatic carbocycles. The molecule has 1 aromatic heterocycles. The van der Waals surface area contributed by atoms with Crippen molar-refractivity contribution in [2.24, 2.45) is 11.7 Å². The van der Waals surface area contributed by atoms with E-state index in [1.54, 1.807) is 13.8 Å². The zero-order valence-corrected chi connectivity index (χ0v) is 16.7. The fraction of sp³-hybridized carbons (Fsp3) is 0.450. The molecule has 26 heavy (non-hydrogen) atoms. The van der Waals surface area contributed by atoms with Gasteiger partial charge in [-0.1, -0.05) is 33.1 Å². The van der Waals surface area contributed by atoms with Crippen molar-refractivity contribution in [2.45, 2.75) is 53.4 Å². The number of unbranched alkanes of at least 4 members (excludes halogenated alkanes) is 1. The Bertz CT molecular complexity index is 723. The molecular formula is C20H27FN2O2S. The minimum absolute atomic E-state index is 0.314. The molecule has 0 radical (unpaired) electrons. The average Bonchev–Trinajstić information content (AvgIpc) is 3.02. The van der Waals surface area contributed by atoms with Crippen LogP contribution < -0.4 is 5.73 Å². The van der Waals surface area contributed by atoms with Crippen LogP contribution in [0.15, 0.2) is 24.4 Å². The third-order valence-electron chi connectivity index (χ3n) is 3.72. The van der Waals surface area contributed by atoms with Crippen LogP contribution in [0.2, 0.25) is 0 Å². The van der Waals surface area contributed by atoms with Crippen molar-refractivity contribution < 1.29 is 14.0 Å². The molecule has 0 aliphatic rings. The number of hydrogen-bond acceptors (Lipinski definition) is 4. The van der Waals surface area contributed by atoms with Gasteiger partial charge in [-0.3, -0.25) is 4.79 Å². The second-order valence-corrected chi connectivity index (χ2v) is 7.60. The van der Waals surface area contributed by atoms with Gasteiger partial charge in [0.25, 0.3) is 5.91 Å². The predicted octanol–water partition coefficient (Wildman–Crippen LogP) is 5.15. The van der Waals surface area contributed by atoms with Gasteiger partial charge in [0.05, 0.1) is 6.20 Å². The van der Waals surface area contributed by atoms with Gasteiger partial charge in [-0.05, 0) is 43.5 Å². The van der Waals surface area contributed by atoms with Gasteiger partial charge in [0.1, 0.15) is 21.5 Å². The molecule has 2 aromatic rings. The first-order chi connectivity index (χ1) is 12.2. The summed E-state index contributed by atoms with van der Waals surface area (Å²) in [6.45, 7) is 7.80. The second-order valence-electron chi connectivity index (χ2n) is 6.56. The van der Waals surface area contributed by atoms with E-state index in [1.807, 2.05) is 6.07 Å². The van der Waals surface area contributed by atoms with Crippen LogP contribution >= 0.6 is 11.3 Å². The fourth-order valence-electron chi connectivity index (χ4n) is 2.53. The van der Waals surface area contributed by atoms with E-state index in [2.05, 4.69) is 18.8 Å². The van der Waals surface area contributed by atoms with Crippen molar-refractivity contribution in [3.63, 3.8) is 0 Å². The van der Waals surface area contributed by atoms with Gasteiger partial charge >= 0.3 is 0 Å². The molecule has 1 atom stereocenters. The van der Waals surface area contributed by atoms with Crippen LogP contribution in [0.1, 0.15) is 61.7 Å². The summed E-state index contributed by atoms with van der Waals surface area (Å²) in [7, 11) is 0. The molecule has 0 spiro atoms. The zero-order valence-electron chi connectivity index (χ0n) is 15.8. The maximum Gasteiger partial charge on any atom is 0.260 e. The summed E-state index contributed by atoms with van der Waals surface area (Å²) >= 11 is 1.16. The molecule has 1 heterocycles. The van der Waals surface area contributed by atoms with Crippen LogP contribution in [0.3, 0.4) is 0 Å². The molecule has 0 saturated carbocycles. The lowest BCUT2D eigenvalue weighted by atomic mass is 9.99. The number of benzene rings is 1. The Morgan fingerprint density at radius 1 is 1.31 bits per heavy atom. The van der Waals surface area contributed by atoms with Crippen molar-refractivity contribution in [1.82, 2.24) is 4.98 Å². The Kier molecular flexibility index (Phi) is 9.13. The topological polar surface area (TPSA) is 73.1 Å². The van der Waals surface area contributed by atoms with Gasteiger partial charge in [-0.15, -0.1) is 11.3 Å². The van der Waals surface area contributed by atoms with E-state index in [0.717, 1.165) is 23.3 Å². The number of aromatic nitrogens is 1. The Labute approximate surface area is 158 Å². The highest BCUT2D eigenvalue weighted by Gasteiger charge is 2.09. The molecule has 0 aliphatic heterocycles. The molecule has 1 amide bonds. The van der Waals surface area contributed by atoms with E-state index in [4.69, 9.17) is 5.73 Å². The summed E-state index contributed by atoms with van der Waals surface area (Å²) in [5, 5.41) is 0.594. The molecule has 0 fully saturated rings. The summed E-state index contributed by atoms with van der Waals surface area (Å²) in [6.07, 6.45) is 5.87. The first kappa shape index (κ1) is 22.0. The summed E-state index contributed by atoms with van der Waals surface area (Å²) in [6, 6.07) is 4.63. The highest BCUT2D eigenvalue weighted by Crippen LogP contribution is 2.26. The van der Waals surface area contributed by atoms with Crippen LogP contribution in [0.4, 0.5) is 4.39 Å². The lowest BCUT2D eigenvalue weighted by Crippen LogP contribution is -2.08. The van der Waals surface area contributed by atoms with E-state index in [9.17, 15) is 14.0 Å². The smallest absolute Gasteiger partial charge is 0.260 e. The minimum atomic E-state index is -0.517. The maximum atomic E-state index is 13.2. The normalized spacial score (nSPS) is 11.4. The van der Waals surface area contributed by atoms with Gasteiger partial charge in [0, 0.05) is 12.0 Å². The number of ketones is 1. The van der Waals surface area contributed by atoms with E-state index < -0.39 is 5.91 Å². The quantitative estimate of drug-likeness (QED) is 0.724. The van der Waals surface area contributed by atoms with Crippen molar-refractivity contribution >= 4 is 23.0 Å². The van der Waals surface area contributed by atoms with E-state index in [1.165, 1.54) is 37.6 Å². The van der Waals surface area contributed by atoms with E-state index >= 15 is 0 Å². The number of primary amides is 1. The minimum Gasteiger partial charge on any atom is -0.365 e. The molecule has 4 nitrogen and oxygen atoms in total. The van der Waals surface area contributed by atoms with Crippen LogP contribution in [0.25, 0.3) is 10.6 Å². The number of halogens is 1. The lowest BCUT2D eigenvalue weighted by Gasteiger charge is -2.06. The van der Waals surface area contributed by atoms with E-state index in [-0.39, 0.29) is 5.82 Å². The Morgan fingerprint density at radius 2 is 2.00 bits per heavy atom. The fourth-order valence-corrected chi connectivity index (χ4v) is 3.28. The van der Waals surface area contributed by atoms with Crippen LogP contribution in [-0.2, 0) is 4.79 Å². The monoisotopic (exact) mass is 378 g/mol. The number of Topliss-reactive ketones (excluding diaryl/α,β-unsaturated/α-hetero) is 1. The third-order valence-corrected chi connectivity index (χ3v) is 4.78. The number of carbonyl (C=O) groups excluding carboxylic acids is 2. The van der Waals surface area contributed by atoms with Gasteiger partial charge in [-0.25, -0.2) is 9.37 Å². The van der Waals surface area contributed by atoms with Crippen LogP contribution in [-0.4, -0.2) is 16.7 Å². The molecule has 1 aromatic carbocycles. The molecule has 6 heteroatoms. The van der Waals surface area contributed by atoms with Gasteiger partial charge < -0.3 is 10.5 Å². The highest BCUT2D eigenvalue weighted by atomic mass is 32.1. The first-order valence-corrected chi connectivity index (χ1v) is 9.57. The van der Waals surface area contributed by atoms with Gasteiger partial charge in [-0.2, -0.15) is 0 Å². The average molecular weight is 379 g/mol. The summed E-state index contributed by atoms with van der Waals surface area (Å²) < 4.78 is 13.2. The highest BCUT2D eigenvalue weighted by molar-refractivity contribution is 7.16. The Morgan fingerprint density at radius 3 is 2.50 bits per heavy atom. The predicted molar refractivity (Wildman–Crippen MR) is 105 cm³/mol. The third kappa shape index (κ3) is 7.87. The number of nitrogens with two attached hydrogens (primary N) is 1. The molecule has 0 bridgehead atoms. The molecule has 2 N–H and O–H groups in total. The standard InChI is InChI=1S/C11H9FN2OS.C9H18O/c1-6-2-7(4-8(12)3-6)11-14-5-9(16-11)10(13)15;1-4-5-6-8(2)7-9(3)10/h2-5H,1H3,(H2,13,15);8H,4-7H2,1-3H3. The number of aryl methyl sites for hydroxylation is 1. The number of carbonyl (C=O) groups is 2. The SMILES string of the molecule is CCCCC(C)CC(C)=O.Cc1cc(F)cc(-c2ncc(C(N)=O)s2)c1. The summed E-state index contributed by atoms with van der Waals surface area (Å²) in [4.78, 5) is 25.9.